The van der Waals surface area contributed by atoms with Crippen LogP contribution in [-0.4, -0.2) is 36.9 Å². The molecule has 116 valence electrons. The van der Waals surface area contributed by atoms with Crippen molar-refractivity contribution in [3.8, 4) is 0 Å². The number of carboxylic acid groups (broad SMARTS) is 1. The van der Waals surface area contributed by atoms with Gasteiger partial charge in [0.25, 0.3) is 0 Å². The maximum absolute atomic E-state index is 13.8. The summed E-state index contributed by atoms with van der Waals surface area (Å²) in [6, 6.07) is 2.82. The van der Waals surface area contributed by atoms with Crippen molar-refractivity contribution >= 4 is 16.0 Å². The lowest BCUT2D eigenvalue weighted by atomic mass is 9.96. The van der Waals surface area contributed by atoms with Gasteiger partial charge in [-0.25, -0.2) is 17.6 Å². The van der Waals surface area contributed by atoms with Crippen molar-refractivity contribution in [3.63, 3.8) is 0 Å². The minimum Gasteiger partial charge on any atom is -0.478 e. The molecular weight excluding hydrogens is 297 g/mol. The first-order valence-electron chi connectivity index (χ1n) is 6.76. The Bertz CT molecular complexity index is 657. The van der Waals surface area contributed by atoms with E-state index in [1.807, 2.05) is 13.8 Å². The highest BCUT2D eigenvalue weighted by atomic mass is 32.2. The molecule has 0 aliphatic carbocycles. The molecule has 0 amide bonds. The maximum atomic E-state index is 13.8. The predicted molar refractivity (Wildman–Crippen MR) is 75.1 cm³/mol. The first kappa shape index (κ1) is 15.9. The quantitative estimate of drug-likeness (QED) is 0.924. The summed E-state index contributed by atoms with van der Waals surface area (Å²) in [6.07, 6.45) is 0.733. The third-order valence-corrected chi connectivity index (χ3v) is 5.81. The number of carbonyl (C=O) groups is 1. The van der Waals surface area contributed by atoms with Crippen LogP contribution in [0.1, 0.15) is 30.6 Å². The molecule has 1 aliphatic heterocycles. The van der Waals surface area contributed by atoms with Crippen LogP contribution in [0, 0.1) is 17.7 Å². The van der Waals surface area contributed by atoms with Crippen molar-refractivity contribution in [2.75, 3.05) is 13.1 Å². The summed E-state index contributed by atoms with van der Waals surface area (Å²) < 4.78 is 40.1. The van der Waals surface area contributed by atoms with Gasteiger partial charge in [-0.2, -0.15) is 4.31 Å². The van der Waals surface area contributed by atoms with Gasteiger partial charge in [0.05, 0.1) is 5.56 Å². The zero-order valence-electron chi connectivity index (χ0n) is 11.9. The van der Waals surface area contributed by atoms with Crippen molar-refractivity contribution in [1.29, 1.82) is 0 Å². The number of aromatic carboxylic acids is 1. The van der Waals surface area contributed by atoms with Gasteiger partial charge in [-0.1, -0.05) is 13.8 Å². The van der Waals surface area contributed by atoms with E-state index in [4.69, 9.17) is 5.11 Å². The van der Waals surface area contributed by atoms with Crippen molar-refractivity contribution < 1.29 is 22.7 Å². The van der Waals surface area contributed by atoms with Gasteiger partial charge in [0.1, 0.15) is 10.7 Å². The van der Waals surface area contributed by atoms with E-state index in [1.165, 1.54) is 4.31 Å². The van der Waals surface area contributed by atoms with Crippen molar-refractivity contribution in [1.82, 2.24) is 4.31 Å². The maximum Gasteiger partial charge on any atom is 0.335 e. The van der Waals surface area contributed by atoms with E-state index in [0.29, 0.717) is 19.0 Å². The molecule has 1 aromatic carbocycles. The fourth-order valence-electron chi connectivity index (χ4n) is 2.49. The Balaban J connectivity index is 2.36. The second kappa shape index (κ2) is 5.73. The molecule has 1 aromatic rings. The second-order valence-electron chi connectivity index (χ2n) is 5.61. The van der Waals surface area contributed by atoms with Crippen LogP contribution in [0.25, 0.3) is 0 Å². The first-order chi connectivity index (χ1) is 9.73. The molecule has 0 saturated carbocycles. The van der Waals surface area contributed by atoms with Crippen LogP contribution in [-0.2, 0) is 10.0 Å². The highest BCUT2D eigenvalue weighted by Gasteiger charge is 2.35. The SMILES string of the molecule is CC(C)C1CCN(S(=O)(=O)c2cc(C(=O)O)ccc2F)C1. The molecule has 0 bridgehead atoms. The minimum absolute atomic E-state index is 0.241. The van der Waals surface area contributed by atoms with Gasteiger partial charge in [0.2, 0.25) is 10.0 Å². The molecular formula is C14H18FNO4S. The number of halogens is 1. The fraction of sp³-hybridized carbons (Fsp3) is 0.500. The lowest BCUT2D eigenvalue weighted by Gasteiger charge is -2.18. The number of carboxylic acids is 1. The molecule has 0 radical (unpaired) electrons. The summed E-state index contributed by atoms with van der Waals surface area (Å²) in [5, 5.41) is 8.92. The third-order valence-electron chi connectivity index (χ3n) is 3.93. The van der Waals surface area contributed by atoms with E-state index in [1.54, 1.807) is 0 Å². The Labute approximate surface area is 123 Å². The number of nitrogens with zero attached hydrogens (tertiary/aromatic N) is 1. The Kier molecular flexibility index (Phi) is 4.34. The van der Waals surface area contributed by atoms with Crippen molar-refractivity contribution in [3.05, 3.63) is 29.6 Å². The molecule has 1 N–H and O–H groups in total. The van der Waals surface area contributed by atoms with Crippen LogP contribution >= 0.6 is 0 Å². The molecule has 1 aliphatic rings. The summed E-state index contributed by atoms with van der Waals surface area (Å²) in [5.74, 6) is -1.62. The van der Waals surface area contributed by atoms with Crippen LogP contribution in [0.2, 0.25) is 0 Å². The van der Waals surface area contributed by atoms with Gasteiger partial charge in [0, 0.05) is 13.1 Å². The van der Waals surface area contributed by atoms with E-state index in [2.05, 4.69) is 0 Å². The number of hydrogen-bond acceptors (Lipinski definition) is 3. The van der Waals surface area contributed by atoms with E-state index < -0.39 is 26.7 Å². The molecule has 7 heteroatoms. The lowest BCUT2D eigenvalue weighted by molar-refractivity contribution is 0.0696. The Morgan fingerprint density at radius 1 is 1.43 bits per heavy atom. The summed E-state index contributed by atoms with van der Waals surface area (Å²) in [7, 11) is -4.00. The smallest absolute Gasteiger partial charge is 0.335 e. The molecule has 1 heterocycles. The van der Waals surface area contributed by atoms with E-state index in [-0.39, 0.29) is 11.5 Å². The predicted octanol–water partition coefficient (Wildman–Crippen LogP) is 2.19. The summed E-state index contributed by atoms with van der Waals surface area (Å²) in [4.78, 5) is 10.4. The average Bonchev–Trinajstić information content (AvgIpc) is 2.89. The standard InChI is InChI=1S/C14H18FNO4S/c1-9(2)11-5-6-16(8-11)21(19,20)13-7-10(14(17)18)3-4-12(13)15/h3-4,7,9,11H,5-6,8H2,1-2H3,(H,17,18). The topological polar surface area (TPSA) is 74.7 Å². The highest BCUT2D eigenvalue weighted by molar-refractivity contribution is 7.89. The Morgan fingerprint density at radius 3 is 2.62 bits per heavy atom. The van der Waals surface area contributed by atoms with Crippen molar-refractivity contribution in [2.24, 2.45) is 11.8 Å². The summed E-state index contributed by atoms with van der Waals surface area (Å²) in [6.45, 7) is 4.72. The van der Waals surface area contributed by atoms with E-state index in [0.717, 1.165) is 24.6 Å². The van der Waals surface area contributed by atoms with E-state index in [9.17, 15) is 17.6 Å². The summed E-state index contributed by atoms with van der Waals surface area (Å²) >= 11 is 0. The van der Waals surface area contributed by atoms with Gasteiger partial charge < -0.3 is 5.11 Å². The van der Waals surface area contributed by atoms with E-state index >= 15 is 0 Å². The molecule has 1 saturated heterocycles. The zero-order chi connectivity index (χ0) is 15.8. The number of sulfonamides is 1. The molecule has 2 rings (SSSR count). The number of hydrogen-bond donors (Lipinski definition) is 1. The van der Waals surface area contributed by atoms with Crippen LogP contribution in [0.15, 0.2) is 23.1 Å². The van der Waals surface area contributed by atoms with Crippen molar-refractivity contribution in [2.45, 2.75) is 25.2 Å². The van der Waals surface area contributed by atoms with Crippen LogP contribution in [0.4, 0.5) is 4.39 Å². The first-order valence-corrected chi connectivity index (χ1v) is 8.20. The number of benzene rings is 1. The molecule has 0 aromatic heterocycles. The van der Waals surface area contributed by atoms with Crippen LogP contribution in [0.3, 0.4) is 0 Å². The monoisotopic (exact) mass is 315 g/mol. The average molecular weight is 315 g/mol. The summed E-state index contributed by atoms with van der Waals surface area (Å²) in [5.41, 5.74) is -0.241. The van der Waals surface area contributed by atoms with Gasteiger partial charge in [-0.15, -0.1) is 0 Å². The molecule has 5 nitrogen and oxygen atoms in total. The fourth-order valence-corrected chi connectivity index (χ4v) is 4.09. The zero-order valence-corrected chi connectivity index (χ0v) is 12.7. The third kappa shape index (κ3) is 3.08. The minimum atomic E-state index is -4.00. The second-order valence-corrected chi connectivity index (χ2v) is 7.51. The van der Waals surface area contributed by atoms with Gasteiger partial charge >= 0.3 is 5.97 Å². The van der Waals surface area contributed by atoms with Crippen LogP contribution < -0.4 is 0 Å². The molecule has 1 atom stereocenters. The molecule has 1 fully saturated rings. The normalized spacial score (nSPS) is 20.1. The Morgan fingerprint density at radius 2 is 2.10 bits per heavy atom. The molecule has 0 spiro atoms. The van der Waals surface area contributed by atoms with Crippen LogP contribution in [0.5, 0.6) is 0 Å². The Hall–Kier alpha value is -1.47. The van der Waals surface area contributed by atoms with Gasteiger partial charge in [0.15, 0.2) is 0 Å². The largest absolute Gasteiger partial charge is 0.478 e. The lowest BCUT2D eigenvalue weighted by Crippen LogP contribution is -2.30. The molecule has 21 heavy (non-hydrogen) atoms. The molecule has 1 unspecified atom stereocenters. The van der Waals surface area contributed by atoms with Gasteiger partial charge in [-0.3, -0.25) is 0 Å². The van der Waals surface area contributed by atoms with Gasteiger partial charge in [-0.05, 0) is 36.5 Å². The number of rotatable bonds is 4. The highest BCUT2D eigenvalue weighted by Crippen LogP contribution is 2.29.